The second-order valence-electron chi connectivity index (χ2n) is 4.65. The Morgan fingerprint density at radius 2 is 2.30 bits per heavy atom. The predicted molar refractivity (Wildman–Crippen MR) is 72.6 cm³/mol. The zero-order valence-electron chi connectivity index (χ0n) is 11.2. The number of carbonyl (C=O) groups is 1. The fourth-order valence-corrected chi connectivity index (χ4v) is 2.16. The van der Waals surface area contributed by atoms with Gasteiger partial charge in [0, 0.05) is 31.7 Å². The van der Waals surface area contributed by atoms with Gasteiger partial charge in [-0.2, -0.15) is 0 Å². The molecule has 1 fully saturated rings. The van der Waals surface area contributed by atoms with E-state index < -0.39 is 4.92 Å². The van der Waals surface area contributed by atoms with Crippen molar-refractivity contribution >= 4 is 11.6 Å². The van der Waals surface area contributed by atoms with Crippen LogP contribution < -0.4 is 10.1 Å². The molecule has 7 nitrogen and oxygen atoms in total. The van der Waals surface area contributed by atoms with Crippen LogP contribution in [0.5, 0.6) is 5.75 Å². The van der Waals surface area contributed by atoms with Gasteiger partial charge in [0.1, 0.15) is 0 Å². The summed E-state index contributed by atoms with van der Waals surface area (Å²) < 4.78 is 5.31. The van der Waals surface area contributed by atoms with Crippen molar-refractivity contribution in [3.8, 4) is 5.75 Å². The van der Waals surface area contributed by atoms with E-state index in [-0.39, 0.29) is 30.0 Å². The van der Waals surface area contributed by atoms with Crippen LogP contribution in [-0.2, 0) is 4.79 Å². The largest absolute Gasteiger partial charge is 0.477 e. The van der Waals surface area contributed by atoms with Crippen LogP contribution in [-0.4, -0.2) is 48.0 Å². The van der Waals surface area contributed by atoms with Gasteiger partial charge in [-0.3, -0.25) is 14.9 Å². The lowest BCUT2D eigenvalue weighted by Gasteiger charge is -2.33. The monoisotopic (exact) mass is 279 g/mol. The molecule has 1 aromatic carbocycles. The molecule has 0 unspecified atom stereocenters. The molecule has 7 heteroatoms. The van der Waals surface area contributed by atoms with Gasteiger partial charge < -0.3 is 15.0 Å². The van der Waals surface area contributed by atoms with E-state index in [9.17, 15) is 14.9 Å². The van der Waals surface area contributed by atoms with Crippen LogP contribution in [0.4, 0.5) is 5.69 Å². The van der Waals surface area contributed by atoms with Gasteiger partial charge in [0.05, 0.1) is 4.92 Å². The highest BCUT2D eigenvalue weighted by Crippen LogP contribution is 2.25. The normalized spacial score (nSPS) is 18.6. The van der Waals surface area contributed by atoms with Gasteiger partial charge in [-0.1, -0.05) is 12.1 Å². The lowest BCUT2D eigenvalue weighted by Crippen LogP contribution is -2.53. The molecule has 0 radical (unpaired) electrons. The van der Waals surface area contributed by atoms with Crippen molar-refractivity contribution in [2.24, 2.45) is 0 Å². The molecule has 1 amide bonds. The van der Waals surface area contributed by atoms with E-state index in [1.807, 2.05) is 6.92 Å². The molecular weight excluding hydrogens is 262 g/mol. The number of para-hydroxylation sites is 2. The molecule has 1 heterocycles. The van der Waals surface area contributed by atoms with E-state index in [1.165, 1.54) is 12.1 Å². The third kappa shape index (κ3) is 3.24. The van der Waals surface area contributed by atoms with E-state index in [0.717, 1.165) is 13.1 Å². The van der Waals surface area contributed by atoms with Crippen LogP contribution in [0.15, 0.2) is 24.3 Å². The summed E-state index contributed by atoms with van der Waals surface area (Å²) in [6.07, 6.45) is 0. The number of hydrogen-bond acceptors (Lipinski definition) is 5. The SMILES string of the molecule is C[C@H]1CNCCN1C(=O)COc1ccccc1[N+](=O)[O-]. The minimum Gasteiger partial charge on any atom is -0.477 e. The van der Waals surface area contributed by atoms with Gasteiger partial charge in [-0.25, -0.2) is 0 Å². The average molecular weight is 279 g/mol. The fourth-order valence-electron chi connectivity index (χ4n) is 2.16. The van der Waals surface area contributed by atoms with Crippen molar-refractivity contribution in [2.45, 2.75) is 13.0 Å². The zero-order chi connectivity index (χ0) is 14.5. The number of amides is 1. The summed E-state index contributed by atoms with van der Waals surface area (Å²) in [6, 6.07) is 6.15. The number of hydrogen-bond donors (Lipinski definition) is 1. The highest BCUT2D eigenvalue weighted by molar-refractivity contribution is 5.78. The van der Waals surface area contributed by atoms with Crippen molar-refractivity contribution in [3.05, 3.63) is 34.4 Å². The molecule has 1 aromatic rings. The molecule has 0 aliphatic carbocycles. The first-order chi connectivity index (χ1) is 9.59. The number of carbonyl (C=O) groups excluding carboxylic acids is 1. The number of piperazine rings is 1. The summed E-state index contributed by atoms with van der Waals surface area (Å²) in [5, 5.41) is 14.0. The lowest BCUT2D eigenvalue weighted by atomic mass is 10.2. The number of rotatable bonds is 4. The Morgan fingerprint density at radius 3 is 3.00 bits per heavy atom. The maximum atomic E-state index is 12.1. The molecule has 2 rings (SSSR count). The van der Waals surface area contributed by atoms with E-state index in [0.29, 0.717) is 6.54 Å². The summed E-state index contributed by atoms with van der Waals surface area (Å²) in [5.41, 5.74) is -0.131. The minimum atomic E-state index is -0.521. The van der Waals surface area contributed by atoms with Crippen molar-refractivity contribution in [1.82, 2.24) is 10.2 Å². The molecule has 1 atom stereocenters. The van der Waals surface area contributed by atoms with E-state index in [2.05, 4.69) is 5.32 Å². The number of ether oxygens (including phenoxy) is 1. The van der Waals surface area contributed by atoms with Crippen LogP contribution in [0.3, 0.4) is 0 Å². The van der Waals surface area contributed by atoms with Crippen molar-refractivity contribution in [3.63, 3.8) is 0 Å². The number of nitrogens with zero attached hydrogens (tertiary/aromatic N) is 2. The van der Waals surface area contributed by atoms with Crippen LogP contribution >= 0.6 is 0 Å². The minimum absolute atomic E-state index is 0.102. The van der Waals surface area contributed by atoms with Crippen molar-refractivity contribution in [1.29, 1.82) is 0 Å². The smallest absolute Gasteiger partial charge is 0.310 e. The molecule has 1 N–H and O–H groups in total. The topological polar surface area (TPSA) is 84.7 Å². The van der Waals surface area contributed by atoms with Crippen LogP contribution in [0.1, 0.15) is 6.92 Å². The predicted octanol–water partition coefficient (Wildman–Crippen LogP) is 0.794. The molecule has 1 aliphatic heterocycles. The van der Waals surface area contributed by atoms with Crippen molar-refractivity contribution in [2.75, 3.05) is 26.2 Å². The van der Waals surface area contributed by atoms with Crippen LogP contribution in [0.2, 0.25) is 0 Å². The quantitative estimate of drug-likeness (QED) is 0.650. The summed E-state index contributed by atoms with van der Waals surface area (Å²) in [5.74, 6) is -0.0363. The van der Waals surface area contributed by atoms with Gasteiger partial charge in [-0.15, -0.1) is 0 Å². The van der Waals surface area contributed by atoms with Crippen LogP contribution in [0, 0.1) is 10.1 Å². The highest BCUT2D eigenvalue weighted by Gasteiger charge is 2.24. The van der Waals surface area contributed by atoms with Gasteiger partial charge in [-0.05, 0) is 13.0 Å². The second-order valence-corrected chi connectivity index (χ2v) is 4.65. The molecular formula is C13H17N3O4. The summed E-state index contributed by atoms with van der Waals surface area (Å²) in [7, 11) is 0. The Labute approximate surface area is 116 Å². The second kappa shape index (κ2) is 6.33. The molecule has 1 saturated heterocycles. The number of nitro groups is 1. The molecule has 0 saturated carbocycles. The Bertz CT molecular complexity index is 506. The Balaban J connectivity index is 1.98. The van der Waals surface area contributed by atoms with Gasteiger partial charge >= 0.3 is 5.69 Å². The maximum absolute atomic E-state index is 12.1. The van der Waals surface area contributed by atoms with Gasteiger partial charge in [0.15, 0.2) is 12.4 Å². The highest BCUT2D eigenvalue weighted by atomic mass is 16.6. The van der Waals surface area contributed by atoms with Crippen molar-refractivity contribution < 1.29 is 14.5 Å². The molecule has 108 valence electrons. The molecule has 0 aromatic heterocycles. The molecule has 1 aliphatic rings. The zero-order valence-corrected chi connectivity index (χ0v) is 11.2. The number of nitro benzene ring substituents is 1. The third-order valence-corrected chi connectivity index (χ3v) is 3.23. The first kappa shape index (κ1) is 14.3. The van der Waals surface area contributed by atoms with E-state index in [1.54, 1.807) is 17.0 Å². The standard InChI is InChI=1S/C13H17N3O4/c1-10-8-14-6-7-15(10)13(17)9-20-12-5-3-2-4-11(12)16(18)19/h2-5,10,14H,6-9H2,1H3/t10-/m0/s1. The summed E-state index contributed by atoms with van der Waals surface area (Å²) in [6.45, 7) is 3.89. The molecule has 20 heavy (non-hydrogen) atoms. The number of benzene rings is 1. The number of nitrogens with one attached hydrogen (secondary N) is 1. The van der Waals surface area contributed by atoms with Gasteiger partial charge in [0.2, 0.25) is 0 Å². The first-order valence-electron chi connectivity index (χ1n) is 6.46. The third-order valence-electron chi connectivity index (χ3n) is 3.23. The Morgan fingerprint density at radius 1 is 1.55 bits per heavy atom. The Kier molecular flexibility index (Phi) is 4.52. The summed E-state index contributed by atoms with van der Waals surface area (Å²) in [4.78, 5) is 24.1. The van der Waals surface area contributed by atoms with E-state index in [4.69, 9.17) is 4.74 Å². The average Bonchev–Trinajstić information content (AvgIpc) is 2.45. The Hall–Kier alpha value is -2.15. The van der Waals surface area contributed by atoms with Crippen LogP contribution in [0.25, 0.3) is 0 Å². The van der Waals surface area contributed by atoms with Gasteiger partial charge in [0.25, 0.3) is 5.91 Å². The first-order valence-corrected chi connectivity index (χ1v) is 6.46. The molecule has 0 spiro atoms. The molecule has 0 bridgehead atoms. The maximum Gasteiger partial charge on any atom is 0.310 e. The lowest BCUT2D eigenvalue weighted by molar-refractivity contribution is -0.385. The summed E-state index contributed by atoms with van der Waals surface area (Å²) >= 11 is 0. The van der Waals surface area contributed by atoms with E-state index >= 15 is 0 Å². The fraction of sp³-hybridized carbons (Fsp3) is 0.462.